The van der Waals surface area contributed by atoms with Crippen LogP contribution in [0.4, 0.5) is 5.69 Å². The second-order valence-electron chi connectivity index (χ2n) is 5.64. The summed E-state index contributed by atoms with van der Waals surface area (Å²) in [5.74, 6) is -0.314. The number of hydrogen-bond acceptors (Lipinski definition) is 5. The van der Waals surface area contributed by atoms with E-state index in [1.54, 1.807) is 6.07 Å². The number of amidine groups is 1. The molecule has 0 fully saturated rings. The molecule has 3 N–H and O–H groups in total. The number of carbonyl (C=O) groups is 1. The molecule has 1 atom stereocenters. The summed E-state index contributed by atoms with van der Waals surface area (Å²) in [5.41, 5.74) is 9.55. The summed E-state index contributed by atoms with van der Waals surface area (Å²) >= 11 is 1.43. The standard InChI is InChI=1S/C18H17N5OS/c1-25-18(20)23-15-7-4-12-3-5-13(8-14(12)15)22-17(24)16-6-2-11(9-19)10-21-16/h2-3,5-6,8,10,15H,4,7H2,1H3,(H2,20,23)(H,22,24). The molecule has 2 aromatic rings. The van der Waals surface area contributed by atoms with Crippen molar-refractivity contribution in [3.63, 3.8) is 0 Å². The van der Waals surface area contributed by atoms with E-state index in [1.165, 1.54) is 29.6 Å². The van der Waals surface area contributed by atoms with Crippen LogP contribution in [0.3, 0.4) is 0 Å². The first-order valence-electron chi connectivity index (χ1n) is 7.78. The van der Waals surface area contributed by atoms with Gasteiger partial charge in [-0.05, 0) is 54.5 Å². The molecule has 25 heavy (non-hydrogen) atoms. The zero-order chi connectivity index (χ0) is 17.8. The SMILES string of the molecule is CSC(N)=NC1CCc2ccc(NC(=O)c3ccc(C#N)cn3)cc21. The third kappa shape index (κ3) is 3.80. The van der Waals surface area contributed by atoms with Crippen molar-refractivity contribution in [2.24, 2.45) is 10.7 Å². The molecule has 126 valence electrons. The number of nitrogens with one attached hydrogen (secondary N) is 1. The summed E-state index contributed by atoms with van der Waals surface area (Å²) in [4.78, 5) is 20.9. The van der Waals surface area contributed by atoms with Crippen molar-refractivity contribution >= 4 is 28.5 Å². The van der Waals surface area contributed by atoms with E-state index in [9.17, 15) is 4.79 Å². The number of pyridine rings is 1. The lowest BCUT2D eigenvalue weighted by Crippen LogP contribution is -2.14. The van der Waals surface area contributed by atoms with Crippen LogP contribution in [0.5, 0.6) is 0 Å². The topological polar surface area (TPSA) is 104 Å². The molecule has 7 heteroatoms. The Balaban J connectivity index is 1.79. The Labute approximate surface area is 150 Å². The number of carbonyl (C=O) groups excluding carboxylic acids is 1. The van der Waals surface area contributed by atoms with E-state index in [2.05, 4.69) is 15.3 Å². The molecular weight excluding hydrogens is 334 g/mol. The number of rotatable bonds is 3. The van der Waals surface area contributed by atoms with Crippen LogP contribution in [0.2, 0.25) is 0 Å². The first-order valence-corrected chi connectivity index (χ1v) is 9.01. The molecule has 1 aliphatic carbocycles. The van der Waals surface area contributed by atoms with Gasteiger partial charge in [-0.15, -0.1) is 0 Å². The molecule has 0 radical (unpaired) electrons. The highest BCUT2D eigenvalue weighted by atomic mass is 32.2. The summed E-state index contributed by atoms with van der Waals surface area (Å²) in [5, 5.41) is 12.2. The maximum atomic E-state index is 12.3. The lowest BCUT2D eigenvalue weighted by Gasteiger charge is -2.10. The number of nitrogens with two attached hydrogens (primary N) is 1. The zero-order valence-corrected chi connectivity index (χ0v) is 14.5. The average molecular weight is 351 g/mol. The molecule has 1 amide bonds. The molecule has 0 spiro atoms. The first kappa shape index (κ1) is 17.0. The number of aromatic nitrogens is 1. The van der Waals surface area contributed by atoms with Gasteiger partial charge in [0.05, 0.1) is 11.6 Å². The van der Waals surface area contributed by atoms with Crippen LogP contribution >= 0.6 is 11.8 Å². The Morgan fingerprint density at radius 3 is 2.96 bits per heavy atom. The Hall–Kier alpha value is -2.85. The molecule has 1 unspecified atom stereocenters. The van der Waals surface area contributed by atoms with Crippen LogP contribution in [-0.2, 0) is 6.42 Å². The lowest BCUT2D eigenvalue weighted by molar-refractivity contribution is 0.102. The maximum Gasteiger partial charge on any atom is 0.274 e. The van der Waals surface area contributed by atoms with Crippen molar-refractivity contribution in [1.29, 1.82) is 5.26 Å². The number of aliphatic imine (C=N–C) groups is 1. The lowest BCUT2D eigenvalue weighted by atomic mass is 10.1. The van der Waals surface area contributed by atoms with Crippen LogP contribution < -0.4 is 11.1 Å². The highest BCUT2D eigenvalue weighted by Crippen LogP contribution is 2.36. The van der Waals surface area contributed by atoms with Gasteiger partial charge in [0.1, 0.15) is 11.8 Å². The van der Waals surface area contributed by atoms with E-state index in [0.717, 1.165) is 18.4 Å². The maximum absolute atomic E-state index is 12.3. The zero-order valence-electron chi connectivity index (χ0n) is 13.7. The summed E-state index contributed by atoms with van der Waals surface area (Å²) < 4.78 is 0. The van der Waals surface area contributed by atoms with Crippen molar-refractivity contribution in [2.75, 3.05) is 11.6 Å². The largest absolute Gasteiger partial charge is 0.379 e. The summed E-state index contributed by atoms with van der Waals surface area (Å²) in [6.07, 6.45) is 5.16. The van der Waals surface area contributed by atoms with Gasteiger partial charge in [-0.25, -0.2) is 4.98 Å². The molecule has 1 aliphatic rings. The van der Waals surface area contributed by atoms with Crippen molar-refractivity contribution in [2.45, 2.75) is 18.9 Å². The second-order valence-corrected chi connectivity index (χ2v) is 6.46. The van der Waals surface area contributed by atoms with E-state index in [1.807, 2.05) is 30.5 Å². The Kier molecular flexibility index (Phi) is 5.00. The fraction of sp³-hybridized carbons (Fsp3) is 0.222. The summed E-state index contributed by atoms with van der Waals surface area (Å²) in [6, 6.07) is 11.0. The van der Waals surface area contributed by atoms with Crippen molar-refractivity contribution in [3.8, 4) is 6.07 Å². The number of amides is 1. The number of nitriles is 1. The van der Waals surface area contributed by atoms with Crippen LogP contribution in [0, 0.1) is 11.3 Å². The molecule has 1 aromatic carbocycles. The summed E-state index contributed by atoms with van der Waals surface area (Å²) in [6.45, 7) is 0. The fourth-order valence-electron chi connectivity index (χ4n) is 2.79. The molecule has 6 nitrogen and oxygen atoms in total. The van der Waals surface area contributed by atoms with Gasteiger partial charge in [0, 0.05) is 11.9 Å². The van der Waals surface area contributed by atoms with Gasteiger partial charge in [0.15, 0.2) is 5.17 Å². The molecule has 0 saturated carbocycles. The minimum absolute atomic E-state index is 0.0346. The van der Waals surface area contributed by atoms with Gasteiger partial charge in [-0.2, -0.15) is 5.26 Å². The molecule has 1 heterocycles. The molecular formula is C18H17N5OS. The van der Waals surface area contributed by atoms with E-state index < -0.39 is 0 Å². The van der Waals surface area contributed by atoms with Crippen molar-refractivity contribution < 1.29 is 4.79 Å². The predicted molar refractivity (Wildman–Crippen MR) is 99.5 cm³/mol. The summed E-state index contributed by atoms with van der Waals surface area (Å²) in [7, 11) is 0. The van der Waals surface area contributed by atoms with Gasteiger partial charge in [-0.1, -0.05) is 17.8 Å². The van der Waals surface area contributed by atoms with E-state index in [0.29, 0.717) is 16.4 Å². The van der Waals surface area contributed by atoms with Crippen LogP contribution in [0.15, 0.2) is 41.5 Å². The van der Waals surface area contributed by atoms with Crippen LogP contribution in [0.25, 0.3) is 0 Å². The molecule has 0 aliphatic heterocycles. The normalized spacial score (nSPS) is 16.2. The van der Waals surface area contributed by atoms with Crippen LogP contribution in [0.1, 0.15) is 39.6 Å². The van der Waals surface area contributed by atoms with E-state index in [-0.39, 0.29) is 17.6 Å². The second kappa shape index (κ2) is 7.36. The van der Waals surface area contributed by atoms with Crippen LogP contribution in [-0.4, -0.2) is 22.3 Å². The molecule has 1 aromatic heterocycles. The Morgan fingerprint density at radius 1 is 1.44 bits per heavy atom. The number of hydrogen-bond donors (Lipinski definition) is 2. The molecule has 0 saturated heterocycles. The number of fused-ring (bicyclic) bond motifs is 1. The Bertz CT molecular complexity index is 870. The quantitative estimate of drug-likeness (QED) is 0.653. The highest BCUT2D eigenvalue weighted by molar-refractivity contribution is 8.13. The van der Waals surface area contributed by atoms with Gasteiger partial charge in [-0.3, -0.25) is 9.79 Å². The highest BCUT2D eigenvalue weighted by Gasteiger charge is 2.23. The van der Waals surface area contributed by atoms with Gasteiger partial charge in [0.25, 0.3) is 5.91 Å². The average Bonchev–Trinajstić information content (AvgIpc) is 3.03. The number of anilines is 1. The van der Waals surface area contributed by atoms with Gasteiger partial charge in [0.2, 0.25) is 0 Å². The number of nitrogens with zero attached hydrogens (tertiary/aromatic N) is 3. The first-order chi connectivity index (χ1) is 12.1. The Morgan fingerprint density at radius 2 is 2.28 bits per heavy atom. The number of benzene rings is 1. The number of thioether (sulfide) groups is 1. The monoisotopic (exact) mass is 351 g/mol. The third-order valence-electron chi connectivity index (χ3n) is 4.07. The molecule has 0 bridgehead atoms. The predicted octanol–water partition coefficient (Wildman–Crippen LogP) is 2.87. The van der Waals surface area contributed by atoms with E-state index in [4.69, 9.17) is 11.0 Å². The van der Waals surface area contributed by atoms with E-state index >= 15 is 0 Å². The fourth-order valence-corrected chi connectivity index (χ4v) is 3.02. The minimum atomic E-state index is -0.314. The van der Waals surface area contributed by atoms with Crippen molar-refractivity contribution in [1.82, 2.24) is 4.98 Å². The van der Waals surface area contributed by atoms with Crippen molar-refractivity contribution in [3.05, 3.63) is 58.9 Å². The smallest absolute Gasteiger partial charge is 0.274 e. The van der Waals surface area contributed by atoms with Gasteiger partial charge >= 0.3 is 0 Å². The minimum Gasteiger partial charge on any atom is -0.379 e. The number of aryl methyl sites for hydroxylation is 1. The third-order valence-corrected chi connectivity index (χ3v) is 4.59. The van der Waals surface area contributed by atoms with Gasteiger partial charge < -0.3 is 11.1 Å². The molecule has 3 rings (SSSR count).